The Morgan fingerprint density at radius 2 is 1.16 bits per heavy atom. The molecular weight excluding hydrogens is 476 g/mol. The number of carbonyl (C=O) groups is 2. The molecule has 0 amide bonds. The van der Waals surface area contributed by atoms with Crippen LogP contribution in [0.5, 0.6) is 11.5 Å². The lowest BCUT2D eigenvalue weighted by Crippen LogP contribution is -2.08. The molecule has 208 valence electrons. The van der Waals surface area contributed by atoms with Crippen LogP contribution < -0.4 is 9.47 Å². The summed E-state index contributed by atoms with van der Waals surface area (Å²) in [7, 11) is 1.33. The summed E-state index contributed by atoms with van der Waals surface area (Å²) >= 11 is 0. The third-order valence-electron chi connectivity index (χ3n) is 6.56. The van der Waals surface area contributed by atoms with Crippen LogP contribution in [0.3, 0.4) is 0 Å². The third-order valence-corrected chi connectivity index (χ3v) is 6.56. The summed E-state index contributed by atoms with van der Waals surface area (Å²) in [5.74, 6) is 0.343. The number of hydrogen-bond acceptors (Lipinski definition) is 5. The summed E-state index contributed by atoms with van der Waals surface area (Å²) in [5, 5.41) is 0. The Kier molecular flexibility index (Phi) is 16.4. The minimum Gasteiger partial charge on any atom is -0.494 e. The monoisotopic (exact) mass is 522 g/mol. The largest absolute Gasteiger partial charge is 0.494 e. The second kappa shape index (κ2) is 20.0. The smallest absolute Gasteiger partial charge is 0.343 e. The van der Waals surface area contributed by atoms with Gasteiger partial charge in [0.1, 0.15) is 11.5 Å². The Bertz CT molecular complexity index is 931. The molecule has 0 aliphatic rings. The van der Waals surface area contributed by atoms with Crippen molar-refractivity contribution in [3.8, 4) is 11.5 Å². The van der Waals surface area contributed by atoms with Gasteiger partial charge in [-0.3, -0.25) is 0 Å². The minimum absolute atomic E-state index is 0.424. The van der Waals surface area contributed by atoms with Crippen LogP contribution in [-0.4, -0.2) is 25.7 Å². The molecule has 0 unspecified atom stereocenters. The molecule has 0 N–H and O–H groups in total. The second-order valence-corrected chi connectivity index (χ2v) is 9.78. The average molecular weight is 523 g/mol. The van der Waals surface area contributed by atoms with Crippen molar-refractivity contribution in [2.75, 3.05) is 13.7 Å². The normalized spacial score (nSPS) is 11.0. The Labute approximate surface area is 229 Å². The zero-order chi connectivity index (χ0) is 27.3. The van der Waals surface area contributed by atoms with Gasteiger partial charge < -0.3 is 14.2 Å². The molecule has 0 spiro atoms. The fraction of sp³-hybridized carbons (Fsp3) is 0.515. The molecule has 0 saturated carbocycles. The molecular formula is C33H46O5. The standard InChI is InChI=1S/C33H46O5/c1-3-4-5-6-7-8-9-10-11-12-13-14-15-16-27-37-30-24-20-29(21-25-30)33(35)38-31-22-17-28(18-23-31)19-26-32(34)36-2/h17-26H,3-16,27H2,1-2H3/b26-19+. The second-order valence-electron chi connectivity index (χ2n) is 9.78. The maximum Gasteiger partial charge on any atom is 0.343 e. The molecule has 0 radical (unpaired) electrons. The molecule has 38 heavy (non-hydrogen) atoms. The quantitative estimate of drug-likeness (QED) is 0.0751. The molecule has 2 rings (SSSR count). The van der Waals surface area contributed by atoms with E-state index in [4.69, 9.17) is 9.47 Å². The highest BCUT2D eigenvalue weighted by Crippen LogP contribution is 2.18. The van der Waals surface area contributed by atoms with E-state index in [-0.39, 0.29) is 0 Å². The summed E-state index contributed by atoms with van der Waals surface area (Å²) in [6.07, 6.45) is 21.7. The number of esters is 2. The third kappa shape index (κ3) is 14.0. The highest BCUT2D eigenvalue weighted by molar-refractivity contribution is 5.91. The SMILES string of the molecule is CCCCCCCCCCCCCCCCOc1ccc(C(=O)Oc2ccc(/C=C/C(=O)OC)cc2)cc1. The van der Waals surface area contributed by atoms with Crippen molar-refractivity contribution in [3.63, 3.8) is 0 Å². The number of carbonyl (C=O) groups excluding carboxylic acids is 2. The Morgan fingerprint density at radius 1 is 0.658 bits per heavy atom. The lowest BCUT2D eigenvalue weighted by Gasteiger charge is -2.08. The molecule has 0 fully saturated rings. The van der Waals surface area contributed by atoms with Crippen LogP contribution >= 0.6 is 0 Å². The van der Waals surface area contributed by atoms with Gasteiger partial charge in [-0.1, -0.05) is 103 Å². The number of unbranched alkanes of at least 4 members (excludes halogenated alkanes) is 13. The fourth-order valence-corrected chi connectivity index (χ4v) is 4.22. The lowest BCUT2D eigenvalue weighted by atomic mass is 10.0. The van der Waals surface area contributed by atoms with E-state index in [2.05, 4.69) is 11.7 Å². The topological polar surface area (TPSA) is 61.8 Å². The van der Waals surface area contributed by atoms with Gasteiger partial charge in [0.25, 0.3) is 0 Å². The summed E-state index contributed by atoms with van der Waals surface area (Å²) < 4.78 is 15.8. The zero-order valence-corrected chi connectivity index (χ0v) is 23.4. The molecule has 0 aliphatic heterocycles. The van der Waals surface area contributed by atoms with Crippen molar-refractivity contribution < 1.29 is 23.8 Å². The molecule has 0 bridgehead atoms. The van der Waals surface area contributed by atoms with Gasteiger partial charge in [-0.25, -0.2) is 9.59 Å². The van der Waals surface area contributed by atoms with Gasteiger partial charge in [-0.15, -0.1) is 0 Å². The number of methoxy groups -OCH3 is 1. The zero-order valence-electron chi connectivity index (χ0n) is 23.4. The first kappa shape index (κ1) is 31.1. The van der Waals surface area contributed by atoms with E-state index in [1.165, 1.54) is 96.7 Å². The average Bonchev–Trinajstić information content (AvgIpc) is 2.94. The van der Waals surface area contributed by atoms with Crippen molar-refractivity contribution in [1.82, 2.24) is 0 Å². The molecule has 5 heteroatoms. The van der Waals surface area contributed by atoms with Gasteiger partial charge in [0, 0.05) is 6.08 Å². The summed E-state index contributed by atoms with van der Waals surface area (Å²) in [6.45, 7) is 2.96. The van der Waals surface area contributed by atoms with Crippen LogP contribution in [0, 0.1) is 0 Å². The van der Waals surface area contributed by atoms with E-state index in [0.717, 1.165) is 17.7 Å². The van der Waals surface area contributed by atoms with Crippen molar-refractivity contribution >= 4 is 18.0 Å². The predicted octanol–water partition coefficient (Wildman–Crippen LogP) is 8.95. The molecule has 0 saturated heterocycles. The number of hydrogen-bond donors (Lipinski definition) is 0. The molecule has 0 atom stereocenters. The summed E-state index contributed by atoms with van der Waals surface area (Å²) in [4.78, 5) is 23.6. The van der Waals surface area contributed by atoms with Gasteiger partial charge in [0.15, 0.2) is 0 Å². The van der Waals surface area contributed by atoms with Crippen molar-refractivity contribution in [2.24, 2.45) is 0 Å². The van der Waals surface area contributed by atoms with E-state index in [9.17, 15) is 9.59 Å². The number of benzene rings is 2. The van der Waals surface area contributed by atoms with E-state index < -0.39 is 11.9 Å². The van der Waals surface area contributed by atoms with E-state index in [0.29, 0.717) is 17.9 Å². The van der Waals surface area contributed by atoms with E-state index in [1.54, 1.807) is 54.6 Å². The molecule has 0 aromatic heterocycles. The van der Waals surface area contributed by atoms with Gasteiger partial charge in [-0.05, 0) is 54.5 Å². The van der Waals surface area contributed by atoms with E-state index in [1.807, 2.05) is 0 Å². The van der Waals surface area contributed by atoms with Gasteiger partial charge in [0.2, 0.25) is 0 Å². The van der Waals surface area contributed by atoms with Gasteiger partial charge >= 0.3 is 11.9 Å². The molecule has 2 aromatic rings. The van der Waals surface area contributed by atoms with Crippen LogP contribution in [0.2, 0.25) is 0 Å². The highest BCUT2D eigenvalue weighted by Gasteiger charge is 2.09. The molecule has 0 heterocycles. The molecule has 0 aliphatic carbocycles. The van der Waals surface area contributed by atoms with Crippen LogP contribution in [0.15, 0.2) is 54.6 Å². The summed E-state index contributed by atoms with van der Waals surface area (Å²) in [5.41, 5.74) is 1.26. The first-order chi connectivity index (χ1) is 18.6. The maximum atomic E-state index is 12.4. The van der Waals surface area contributed by atoms with Crippen molar-refractivity contribution in [3.05, 3.63) is 65.7 Å². The van der Waals surface area contributed by atoms with Gasteiger partial charge in [0.05, 0.1) is 19.3 Å². The molecule has 2 aromatic carbocycles. The lowest BCUT2D eigenvalue weighted by molar-refractivity contribution is -0.134. The predicted molar refractivity (Wildman–Crippen MR) is 155 cm³/mol. The van der Waals surface area contributed by atoms with Crippen LogP contribution in [0.1, 0.15) is 113 Å². The number of rotatable bonds is 20. The highest BCUT2D eigenvalue weighted by atomic mass is 16.5. The maximum absolute atomic E-state index is 12.4. The Hall–Kier alpha value is -3.08. The van der Waals surface area contributed by atoms with E-state index >= 15 is 0 Å². The van der Waals surface area contributed by atoms with Gasteiger partial charge in [-0.2, -0.15) is 0 Å². The Morgan fingerprint density at radius 3 is 1.68 bits per heavy atom. The minimum atomic E-state index is -0.429. The van der Waals surface area contributed by atoms with Crippen molar-refractivity contribution in [2.45, 2.75) is 96.8 Å². The first-order valence-electron chi connectivity index (χ1n) is 14.4. The van der Waals surface area contributed by atoms with Crippen LogP contribution in [-0.2, 0) is 9.53 Å². The fourth-order valence-electron chi connectivity index (χ4n) is 4.22. The molecule has 5 nitrogen and oxygen atoms in total. The van der Waals surface area contributed by atoms with Crippen LogP contribution in [0.25, 0.3) is 6.08 Å². The first-order valence-corrected chi connectivity index (χ1v) is 14.4. The Balaban J connectivity index is 1.53. The summed E-state index contributed by atoms with van der Waals surface area (Å²) in [6, 6.07) is 13.9. The van der Waals surface area contributed by atoms with Crippen molar-refractivity contribution in [1.29, 1.82) is 0 Å². The van der Waals surface area contributed by atoms with Crippen LogP contribution in [0.4, 0.5) is 0 Å². The number of ether oxygens (including phenoxy) is 3.